The number of ether oxygens (including phenoxy) is 2. The van der Waals surface area contributed by atoms with Gasteiger partial charge in [-0.2, -0.15) is 0 Å². The molecule has 0 fully saturated rings. The summed E-state index contributed by atoms with van der Waals surface area (Å²) in [5.74, 6) is 1.12. The van der Waals surface area contributed by atoms with Gasteiger partial charge in [0.15, 0.2) is 5.13 Å². The highest BCUT2D eigenvalue weighted by atomic mass is 32.1. The molecule has 0 bridgehead atoms. The summed E-state index contributed by atoms with van der Waals surface area (Å²) in [6.45, 7) is 1.10. The van der Waals surface area contributed by atoms with E-state index < -0.39 is 4.92 Å². The molecule has 1 heterocycles. The quantitative estimate of drug-likeness (QED) is 0.369. The molecule has 0 unspecified atom stereocenters. The van der Waals surface area contributed by atoms with Gasteiger partial charge in [-0.3, -0.25) is 19.8 Å². The van der Waals surface area contributed by atoms with Crippen LogP contribution in [0.2, 0.25) is 0 Å². The summed E-state index contributed by atoms with van der Waals surface area (Å²) in [6.07, 6.45) is 0.107. The van der Waals surface area contributed by atoms with Gasteiger partial charge in [0.2, 0.25) is 5.91 Å². The van der Waals surface area contributed by atoms with E-state index in [1.54, 1.807) is 37.3 Å². The van der Waals surface area contributed by atoms with E-state index in [2.05, 4.69) is 4.98 Å². The Kier molecular flexibility index (Phi) is 7.03. The van der Waals surface area contributed by atoms with Gasteiger partial charge in [0.25, 0.3) is 5.69 Å². The number of likely N-dealkylation sites (N-methyl/N-ethyl adjacent to an activating group) is 1. The number of thiazole rings is 1. The first-order chi connectivity index (χ1) is 14.8. The average Bonchev–Trinajstić information content (AvgIpc) is 3.18. The molecular formula is C21H24N4O5S. The Bertz CT molecular complexity index is 1040. The summed E-state index contributed by atoms with van der Waals surface area (Å²) in [6, 6.07) is 9.61. The van der Waals surface area contributed by atoms with Crippen molar-refractivity contribution in [3.8, 4) is 11.5 Å². The highest BCUT2D eigenvalue weighted by molar-refractivity contribution is 7.22. The Morgan fingerprint density at radius 2 is 1.71 bits per heavy atom. The summed E-state index contributed by atoms with van der Waals surface area (Å²) < 4.78 is 11.7. The molecule has 0 atom stereocenters. The van der Waals surface area contributed by atoms with E-state index in [0.717, 1.165) is 4.70 Å². The van der Waals surface area contributed by atoms with Crippen molar-refractivity contribution in [2.45, 2.75) is 6.42 Å². The predicted molar refractivity (Wildman–Crippen MR) is 120 cm³/mol. The minimum absolute atomic E-state index is 0.00831. The summed E-state index contributed by atoms with van der Waals surface area (Å²) in [4.78, 5) is 31.9. The van der Waals surface area contributed by atoms with Gasteiger partial charge < -0.3 is 14.4 Å². The maximum Gasteiger partial charge on any atom is 0.269 e. The van der Waals surface area contributed by atoms with Gasteiger partial charge >= 0.3 is 0 Å². The molecular weight excluding hydrogens is 420 g/mol. The zero-order valence-electron chi connectivity index (χ0n) is 17.8. The number of methoxy groups -OCH3 is 2. The van der Waals surface area contributed by atoms with E-state index in [-0.39, 0.29) is 18.0 Å². The predicted octanol–water partition coefficient (Wildman–Crippen LogP) is 3.36. The van der Waals surface area contributed by atoms with Crippen molar-refractivity contribution in [3.63, 3.8) is 0 Å². The Morgan fingerprint density at radius 1 is 1.06 bits per heavy atom. The number of carbonyl (C=O) groups excluding carboxylic acids is 1. The van der Waals surface area contributed by atoms with E-state index >= 15 is 0 Å². The topological polar surface area (TPSA) is 98.0 Å². The van der Waals surface area contributed by atoms with E-state index in [4.69, 9.17) is 9.47 Å². The van der Waals surface area contributed by atoms with Gasteiger partial charge in [0.1, 0.15) is 21.7 Å². The third kappa shape index (κ3) is 5.09. The van der Waals surface area contributed by atoms with Gasteiger partial charge in [-0.15, -0.1) is 0 Å². The molecule has 10 heteroatoms. The lowest BCUT2D eigenvalue weighted by atomic mass is 10.1. The Hall–Kier alpha value is -3.24. The van der Waals surface area contributed by atoms with Crippen molar-refractivity contribution in [3.05, 3.63) is 52.1 Å². The normalized spacial score (nSPS) is 11.0. The Morgan fingerprint density at radius 3 is 2.29 bits per heavy atom. The molecule has 3 rings (SSSR count). The number of nitrogens with zero attached hydrogens (tertiary/aromatic N) is 4. The van der Waals surface area contributed by atoms with Crippen LogP contribution in [0, 0.1) is 10.1 Å². The fourth-order valence-electron chi connectivity index (χ4n) is 3.02. The molecule has 9 nitrogen and oxygen atoms in total. The average molecular weight is 445 g/mol. The third-order valence-corrected chi connectivity index (χ3v) is 5.80. The second kappa shape index (κ2) is 9.71. The van der Waals surface area contributed by atoms with Crippen LogP contribution >= 0.6 is 11.3 Å². The van der Waals surface area contributed by atoms with Crippen LogP contribution in [0.3, 0.4) is 0 Å². The smallest absolute Gasteiger partial charge is 0.269 e. The zero-order valence-corrected chi connectivity index (χ0v) is 18.6. The van der Waals surface area contributed by atoms with E-state index in [1.807, 2.05) is 25.1 Å². The van der Waals surface area contributed by atoms with Crippen LogP contribution in [-0.4, -0.2) is 62.1 Å². The summed E-state index contributed by atoms with van der Waals surface area (Å²) in [5.41, 5.74) is 1.33. The van der Waals surface area contributed by atoms with Gasteiger partial charge in [0, 0.05) is 25.2 Å². The number of aromatic nitrogens is 1. The molecule has 0 spiro atoms. The molecule has 2 aromatic carbocycles. The number of anilines is 1. The minimum atomic E-state index is -0.461. The van der Waals surface area contributed by atoms with E-state index in [0.29, 0.717) is 40.8 Å². The fourth-order valence-corrected chi connectivity index (χ4v) is 4.14. The monoisotopic (exact) mass is 444 g/mol. The standard InChI is InChI=1S/C21H24N4O5S/c1-23(2)11-12-24(18(26)13-14-5-7-15(8-6-14)25(27)28)21-22-19-16(29-3)9-10-17(30-4)20(19)31-21/h5-10H,11-13H2,1-4H3. The zero-order chi connectivity index (χ0) is 22.5. The van der Waals surface area contributed by atoms with Crippen molar-refractivity contribution in [1.82, 2.24) is 9.88 Å². The van der Waals surface area contributed by atoms with Gasteiger partial charge in [-0.1, -0.05) is 23.5 Å². The largest absolute Gasteiger partial charge is 0.495 e. The van der Waals surface area contributed by atoms with Crippen molar-refractivity contribution in [2.75, 3.05) is 46.3 Å². The number of hydrogen-bond donors (Lipinski definition) is 0. The third-order valence-electron chi connectivity index (χ3n) is 4.70. The van der Waals surface area contributed by atoms with Gasteiger partial charge in [0.05, 0.1) is 25.6 Å². The first kappa shape index (κ1) is 22.4. The van der Waals surface area contributed by atoms with Crippen LogP contribution in [-0.2, 0) is 11.2 Å². The SMILES string of the molecule is COc1ccc(OC)c2sc(N(CCN(C)C)C(=O)Cc3ccc([N+](=O)[O-])cc3)nc12. The van der Waals surface area contributed by atoms with Crippen molar-refractivity contribution in [1.29, 1.82) is 0 Å². The summed E-state index contributed by atoms with van der Waals surface area (Å²) >= 11 is 1.36. The van der Waals surface area contributed by atoms with Crippen LogP contribution in [0.5, 0.6) is 11.5 Å². The second-order valence-corrected chi connectivity index (χ2v) is 8.07. The minimum Gasteiger partial charge on any atom is -0.495 e. The van der Waals surface area contributed by atoms with Gasteiger partial charge in [-0.05, 0) is 31.8 Å². The lowest BCUT2D eigenvalue weighted by Gasteiger charge is -2.22. The maximum atomic E-state index is 13.2. The Labute approximate surface area is 184 Å². The lowest BCUT2D eigenvalue weighted by molar-refractivity contribution is -0.384. The summed E-state index contributed by atoms with van der Waals surface area (Å²) in [5, 5.41) is 11.4. The molecule has 0 saturated heterocycles. The number of rotatable bonds is 9. The molecule has 1 aromatic heterocycles. The van der Waals surface area contributed by atoms with Crippen molar-refractivity contribution < 1.29 is 19.2 Å². The number of nitro benzene ring substituents is 1. The van der Waals surface area contributed by atoms with Crippen LogP contribution in [0.25, 0.3) is 10.2 Å². The van der Waals surface area contributed by atoms with Crippen molar-refractivity contribution >= 4 is 38.3 Å². The van der Waals surface area contributed by atoms with Crippen molar-refractivity contribution in [2.24, 2.45) is 0 Å². The molecule has 0 N–H and O–H groups in total. The fraction of sp³-hybridized carbons (Fsp3) is 0.333. The highest BCUT2D eigenvalue weighted by Gasteiger charge is 2.23. The second-order valence-electron chi connectivity index (χ2n) is 7.09. The lowest BCUT2D eigenvalue weighted by Crippen LogP contribution is -2.37. The van der Waals surface area contributed by atoms with Crippen LogP contribution in [0.1, 0.15) is 5.56 Å². The number of carbonyl (C=O) groups is 1. The molecule has 164 valence electrons. The molecule has 0 radical (unpaired) electrons. The number of benzene rings is 2. The number of fused-ring (bicyclic) bond motifs is 1. The first-order valence-electron chi connectivity index (χ1n) is 9.54. The molecule has 0 aliphatic rings. The van der Waals surface area contributed by atoms with Crippen LogP contribution in [0.15, 0.2) is 36.4 Å². The number of amides is 1. The molecule has 0 saturated carbocycles. The highest BCUT2D eigenvalue weighted by Crippen LogP contribution is 2.40. The number of nitro groups is 1. The van der Waals surface area contributed by atoms with E-state index in [1.165, 1.54) is 23.5 Å². The summed E-state index contributed by atoms with van der Waals surface area (Å²) in [7, 11) is 7.03. The molecule has 3 aromatic rings. The van der Waals surface area contributed by atoms with Crippen LogP contribution in [0.4, 0.5) is 10.8 Å². The van der Waals surface area contributed by atoms with Gasteiger partial charge in [-0.25, -0.2) is 4.98 Å². The first-order valence-corrected chi connectivity index (χ1v) is 10.4. The molecule has 0 aliphatic heterocycles. The van der Waals surface area contributed by atoms with E-state index in [9.17, 15) is 14.9 Å². The maximum absolute atomic E-state index is 13.2. The molecule has 0 aliphatic carbocycles. The number of hydrogen-bond acceptors (Lipinski definition) is 8. The number of non-ortho nitro benzene ring substituents is 1. The molecule has 1 amide bonds. The van der Waals surface area contributed by atoms with Crippen LogP contribution < -0.4 is 14.4 Å². The Balaban J connectivity index is 1.94. The molecule has 31 heavy (non-hydrogen) atoms.